The minimum absolute atomic E-state index is 0.0394. The highest BCUT2D eigenvalue weighted by Gasteiger charge is 2.12. The second-order valence-corrected chi connectivity index (χ2v) is 8.78. The smallest absolute Gasteiger partial charge is 0.229 e. The number of nitrogens with one attached hydrogen (secondary N) is 2. The SMILES string of the molecule is COc1cc(-c2ccc3ncnc(Nc4ccc(F)c(NS(C)(=O)=O)c4)c3c2)ccc1O. The lowest BCUT2D eigenvalue weighted by Gasteiger charge is -2.12. The molecular weight excluding hydrogens is 435 g/mol. The van der Waals surface area contributed by atoms with Crippen LogP contribution in [0.3, 0.4) is 0 Å². The number of aromatic hydroxyl groups is 1. The Balaban J connectivity index is 1.74. The minimum Gasteiger partial charge on any atom is -0.504 e. The molecule has 0 fully saturated rings. The molecule has 0 saturated carbocycles. The number of aromatic nitrogens is 2. The van der Waals surface area contributed by atoms with Gasteiger partial charge in [0.15, 0.2) is 11.5 Å². The van der Waals surface area contributed by atoms with Gasteiger partial charge in [0.1, 0.15) is 18.0 Å². The molecule has 0 aliphatic heterocycles. The number of sulfonamides is 1. The van der Waals surface area contributed by atoms with E-state index in [0.717, 1.165) is 23.4 Å². The number of halogens is 1. The maximum atomic E-state index is 14.0. The van der Waals surface area contributed by atoms with Crippen LogP contribution in [-0.2, 0) is 10.0 Å². The molecule has 0 amide bonds. The van der Waals surface area contributed by atoms with Gasteiger partial charge in [-0.2, -0.15) is 0 Å². The molecule has 10 heteroatoms. The van der Waals surface area contributed by atoms with Gasteiger partial charge in [-0.05, 0) is 53.6 Å². The number of rotatable bonds is 6. The van der Waals surface area contributed by atoms with Crippen molar-refractivity contribution >= 4 is 38.1 Å². The Morgan fingerprint density at radius 3 is 2.50 bits per heavy atom. The number of benzene rings is 3. The van der Waals surface area contributed by atoms with E-state index in [2.05, 4.69) is 20.0 Å². The molecule has 4 rings (SSSR count). The summed E-state index contributed by atoms with van der Waals surface area (Å²) in [7, 11) is -2.16. The molecule has 32 heavy (non-hydrogen) atoms. The number of hydrogen-bond acceptors (Lipinski definition) is 7. The third kappa shape index (κ3) is 4.54. The van der Waals surface area contributed by atoms with Crippen LogP contribution in [0.5, 0.6) is 11.5 Å². The molecule has 0 radical (unpaired) electrons. The Hall–Kier alpha value is -3.92. The van der Waals surface area contributed by atoms with Crippen molar-refractivity contribution in [2.24, 2.45) is 0 Å². The van der Waals surface area contributed by atoms with Crippen LogP contribution in [0.4, 0.5) is 21.6 Å². The average molecular weight is 454 g/mol. The van der Waals surface area contributed by atoms with Crippen LogP contribution in [0.15, 0.2) is 60.9 Å². The molecule has 3 N–H and O–H groups in total. The summed E-state index contributed by atoms with van der Waals surface area (Å²) in [4.78, 5) is 8.57. The van der Waals surface area contributed by atoms with E-state index in [1.807, 2.05) is 18.2 Å². The van der Waals surface area contributed by atoms with Crippen molar-refractivity contribution in [2.45, 2.75) is 0 Å². The highest BCUT2D eigenvalue weighted by atomic mass is 32.2. The van der Waals surface area contributed by atoms with Crippen LogP contribution in [0.2, 0.25) is 0 Å². The van der Waals surface area contributed by atoms with Gasteiger partial charge in [-0.25, -0.2) is 22.8 Å². The summed E-state index contributed by atoms with van der Waals surface area (Å²) < 4.78 is 44.3. The minimum atomic E-state index is -3.64. The van der Waals surface area contributed by atoms with Crippen molar-refractivity contribution < 1.29 is 22.7 Å². The third-order valence-electron chi connectivity index (χ3n) is 4.67. The quantitative estimate of drug-likeness (QED) is 0.399. The van der Waals surface area contributed by atoms with E-state index < -0.39 is 15.8 Å². The topological polar surface area (TPSA) is 113 Å². The van der Waals surface area contributed by atoms with Crippen molar-refractivity contribution in [3.05, 3.63) is 66.7 Å². The number of anilines is 3. The van der Waals surface area contributed by atoms with Gasteiger partial charge in [0.05, 0.1) is 24.6 Å². The Morgan fingerprint density at radius 1 is 1.00 bits per heavy atom. The standard InChI is InChI=1S/C22H19FN4O4S/c1-31-21-10-14(4-8-20(21)28)13-3-7-18-16(9-13)22(25-12-24-18)26-15-5-6-17(23)19(11-15)27-32(2,29)30/h3-12,27-28H,1-2H3,(H,24,25,26). The Kier molecular flexibility index (Phi) is 5.54. The van der Waals surface area contributed by atoms with E-state index in [-0.39, 0.29) is 11.4 Å². The molecule has 164 valence electrons. The largest absolute Gasteiger partial charge is 0.504 e. The summed E-state index contributed by atoms with van der Waals surface area (Å²) in [6, 6.07) is 14.6. The zero-order chi connectivity index (χ0) is 22.9. The Bertz CT molecular complexity index is 1430. The number of nitrogens with zero attached hydrogens (tertiary/aromatic N) is 2. The first-order valence-electron chi connectivity index (χ1n) is 9.40. The van der Waals surface area contributed by atoms with Gasteiger partial charge < -0.3 is 15.2 Å². The summed E-state index contributed by atoms with van der Waals surface area (Å²) >= 11 is 0. The fourth-order valence-electron chi connectivity index (χ4n) is 3.21. The van der Waals surface area contributed by atoms with Gasteiger partial charge in [-0.1, -0.05) is 12.1 Å². The number of hydrogen-bond donors (Lipinski definition) is 3. The van der Waals surface area contributed by atoms with Gasteiger partial charge in [0, 0.05) is 11.1 Å². The molecule has 4 aromatic rings. The number of methoxy groups -OCH3 is 1. The van der Waals surface area contributed by atoms with Gasteiger partial charge in [0.2, 0.25) is 10.0 Å². The first-order valence-corrected chi connectivity index (χ1v) is 11.3. The molecule has 1 heterocycles. The van der Waals surface area contributed by atoms with E-state index in [4.69, 9.17) is 4.74 Å². The molecule has 0 bridgehead atoms. The highest BCUT2D eigenvalue weighted by Crippen LogP contribution is 2.34. The monoisotopic (exact) mass is 454 g/mol. The molecule has 0 unspecified atom stereocenters. The summed E-state index contributed by atoms with van der Waals surface area (Å²) in [5.74, 6) is 0.150. The highest BCUT2D eigenvalue weighted by molar-refractivity contribution is 7.92. The number of fused-ring (bicyclic) bond motifs is 1. The zero-order valence-corrected chi connectivity index (χ0v) is 17.9. The Morgan fingerprint density at radius 2 is 1.75 bits per heavy atom. The van der Waals surface area contributed by atoms with E-state index in [1.54, 1.807) is 18.2 Å². The van der Waals surface area contributed by atoms with Crippen molar-refractivity contribution in [1.82, 2.24) is 9.97 Å². The second-order valence-electron chi connectivity index (χ2n) is 7.03. The molecule has 1 aromatic heterocycles. The van der Waals surface area contributed by atoms with Crippen molar-refractivity contribution in [3.63, 3.8) is 0 Å². The predicted molar refractivity (Wildman–Crippen MR) is 121 cm³/mol. The van der Waals surface area contributed by atoms with E-state index in [9.17, 15) is 17.9 Å². The molecule has 8 nitrogen and oxygen atoms in total. The number of phenols is 1. The van der Waals surface area contributed by atoms with Crippen molar-refractivity contribution in [3.8, 4) is 22.6 Å². The van der Waals surface area contributed by atoms with E-state index >= 15 is 0 Å². The molecular formula is C22H19FN4O4S. The second kappa shape index (κ2) is 8.31. The summed E-state index contributed by atoms with van der Waals surface area (Å²) in [5.41, 5.74) is 2.60. The van der Waals surface area contributed by atoms with Crippen molar-refractivity contribution in [2.75, 3.05) is 23.4 Å². The molecule has 0 aliphatic carbocycles. The van der Waals surface area contributed by atoms with Gasteiger partial charge >= 0.3 is 0 Å². The first kappa shape index (κ1) is 21.3. The lowest BCUT2D eigenvalue weighted by Crippen LogP contribution is -2.11. The van der Waals surface area contributed by atoms with Crippen LogP contribution in [0.1, 0.15) is 0 Å². The lowest BCUT2D eigenvalue weighted by atomic mass is 10.0. The molecule has 0 spiro atoms. The lowest BCUT2D eigenvalue weighted by molar-refractivity contribution is 0.373. The predicted octanol–water partition coefficient (Wildman–Crippen LogP) is 4.27. The van der Waals surface area contributed by atoms with Gasteiger partial charge in [-0.15, -0.1) is 0 Å². The number of phenolic OH excluding ortho intramolecular Hbond substituents is 1. The van der Waals surface area contributed by atoms with Crippen LogP contribution in [0.25, 0.3) is 22.0 Å². The maximum Gasteiger partial charge on any atom is 0.229 e. The van der Waals surface area contributed by atoms with E-state index in [1.165, 1.54) is 25.6 Å². The average Bonchev–Trinajstić information content (AvgIpc) is 2.75. The zero-order valence-electron chi connectivity index (χ0n) is 17.1. The molecule has 3 aromatic carbocycles. The van der Waals surface area contributed by atoms with Crippen LogP contribution < -0.4 is 14.8 Å². The summed E-state index contributed by atoms with van der Waals surface area (Å²) in [5, 5.41) is 13.6. The first-order chi connectivity index (χ1) is 15.2. The molecule has 0 atom stereocenters. The normalized spacial score (nSPS) is 11.3. The summed E-state index contributed by atoms with van der Waals surface area (Å²) in [6.07, 6.45) is 2.34. The molecule has 0 saturated heterocycles. The van der Waals surface area contributed by atoms with Gasteiger partial charge in [0.25, 0.3) is 0 Å². The number of ether oxygens (including phenoxy) is 1. The summed E-state index contributed by atoms with van der Waals surface area (Å²) in [6.45, 7) is 0. The van der Waals surface area contributed by atoms with Crippen LogP contribution in [0, 0.1) is 5.82 Å². The van der Waals surface area contributed by atoms with Gasteiger partial charge in [-0.3, -0.25) is 4.72 Å². The fourth-order valence-corrected chi connectivity index (χ4v) is 3.77. The van der Waals surface area contributed by atoms with Crippen molar-refractivity contribution in [1.29, 1.82) is 0 Å². The fraction of sp³-hybridized carbons (Fsp3) is 0.0909. The Labute approximate surface area is 183 Å². The van der Waals surface area contributed by atoms with Crippen LogP contribution >= 0.6 is 0 Å². The maximum absolute atomic E-state index is 14.0. The van der Waals surface area contributed by atoms with Crippen LogP contribution in [-0.4, -0.2) is 36.9 Å². The molecule has 0 aliphatic rings. The van der Waals surface area contributed by atoms with E-state index in [0.29, 0.717) is 28.2 Å². The third-order valence-corrected chi connectivity index (χ3v) is 5.26.